The number of anilines is 1. The molecule has 186 valence electrons. The SMILES string of the molecule is O=C1C(=O)N(c2nnc(SCc3ccc(Cl)cc3Cl)s2)C(c2cccc(Br)c2)/C1=C(/O)c1ccccc1. The van der Waals surface area contributed by atoms with Crippen LogP contribution in [0, 0.1) is 0 Å². The Hall–Kier alpha value is -2.69. The maximum absolute atomic E-state index is 13.3. The zero-order chi connectivity index (χ0) is 26.1. The van der Waals surface area contributed by atoms with Gasteiger partial charge in [-0.25, -0.2) is 0 Å². The smallest absolute Gasteiger partial charge is 0.301 e. The first-order valence-corrected chi connectivity index (χ1v) is 14.2. The molecule has 0 aliphatic carbocycles. The number of benzene rings is 3. The van der Waals surface area contributed by atoms with Gasteiger partial charge in [0.05, 0.1) is 11.6 Å². The third kappa shape index (κ3) is 5.32. The van der Waals surface area contributed by atoms with Crippen LogP contribution in [0.25, 0.3) is 5.76 Å². The van der Waals surface area contributed by atoms with Gasteiger partial charge < -0.3 is 5.11 Å². The van der Waals surface area contributed by atoms with Gasteiger partial charge >= 0.3 is 5.91 Å². The van der Waals surface area contributed by atoms with Crippen molar-refractivity contribution in [2.75, 3.05) is 4.90 Å². The summed E-state index contributed by atoms with van der Waals surface area (Å²) in [6, 6.07) is 20.3. The fourth-order valence-electron chi connectivity index (χ4n) is 3.91. The van der Waals surface area contributed by atoms with Gasteiger partial charge in [-0.15, -0.1) is 10.2 Å². The van der Waals surface area contributed by atoms with E-state index in [4.69, 9.17) is 23.2 Å². The van der Waals surface area contributed by atoms with E-state index < -0.39 is 17.7 Å². The van der Waals surface area contributed by atoms with Gasteiger partial charge in [0.1, 0.15) is 5.76 Å². The molecule has 0 bridgehead atoms. The first-order chi connectivity index (χ1) is 17.8. The second-order valence-electron chi connectivity index (χ2n) is 7.97. The molecular formula is C26H16BrCl2N3O3S2. The lowest BCUT2D eigenvalue weighted by molar-refractivity contribution is -0.132. The molecule has 1 aliphatic heterocycles. The summed E-state index contributed by atoms with van der Waals surface area (Å²) in [6.45, 7) is 0. The van der Waals surface area contributed by atoms with Gasteiger partial charge in [0.2, 0.25) is 5.13 Å². The van der Waals surface area contributed by atoms with Crippen molar-refractivity contribution < 1.29 is 14.7 Å². The van der Waals surface area contributed by atoms with Crippen LogP contribution in [0.5, 0.6) is 0 Å². The Bertz CT molecular complexity index is 1550. The predicted molar refractivity (Wildman–Crippen MR) is 151 cm³/mol. The number of ketones is 1. The van der Waals surface area contributed by atoms with Crippen LogP contribution in [0.1, 0.15) is 22.7 Å². The highest BCUT2D eigenvalue weighted by molar-refractivity contribution is 9.10. The summed E-state index contributed by atoms with van der Waals surface area (Å²) in [6.07, 6.45) is 0. The highest BCUT2D eigenvalue weighted by Crippen LogP contribution is 2.44. The van der Waals surface area contributed by atoms with Crippen molar-refractivity contribution in [1.82, 2.24) is 10.2 Å². The molecule has 4 aromatic rings. The Morgan fingerprint density at radius 3 is 2.54 bits per heavy atom. The lowest BCUT2D eigenvalue weighted by Crippen LogP contribution is -2.29. The second-order valence-corrected chi connectivity index (χ2v) is 11.9. The fraction of sp³-hybridized carbons (Fsp3) is 0.0769. The first kappa shape index (κ1) is 25.9. The molecule has 1 atom stereocenters. The number of aliphatic hydroxyl groups is 1. The first-order valence-electron chi connectivity index (χ1n) is 10.9. The van der Waals surface area contributed by atoms with Crippen molar-refractivity contribution in [2.24, 2.45) is 0 Å². The summed E-state index contributed by atoms with van der Waals surface area (Å²) in [5.41, 5.74) is 1.95. The minimum Gasteiger partial charge on any atom is -0.507 e. The molecule has 3 aromatic carbocycles. The van der Waals surface area contributed by atoms with Crippen molar-refractivity contribution in [1.29, 1.82) is 0 Å². The van der Waals surface area contributed by atoms with Crippen molar-refractivity contribution in [2.45, 2.75) is 16.1 Å². The molecule has 1 saturated heterocycles. The third-order valence-corrected chi connectivity index (χ3v) is 8.81. The molecule has 2 heterocycles. The molecule has 1 fully saturated rings. The van der Waals surface area contributed by atoms with Crippen LogP contribution >= 0.6 is 62.2 Å². The lowest BCUT2D eigenvalue weighted by atomic mass is 9.95. The maximum atomic E-state index is 13.3. The number of hydrogen-bond acceptors (Lipinski definition) is 7. The van der Waals surface area contributed by atoms with E-state index in [1.165, 1.54) is 28.0 Å². The molecule has 1 unspecified atom stereocenters. The van der Waals surface area contributed by atoms with Gasteiger partial charge in [-0.2, -0.15) is 0 Å². The highest BCUT2D eigenvalue weighted by atomic mass is 79.9. The topological polar surface area (TPSA) is 83.4 Å². The van der Waals surface area contributed by atoms with E-state index in [2.05, 4.69) is 26.1 Å². The summed E-state index contributed by atoms with van der Waals surface area (Å²) >= 11 is 18.3. The maximum Gasteiger partial charge on any atom is 0.301 e. The molecule has 37 heavy (non-hydrogen) atoms. The second kappa shape index (κ2) is 11.0. The predicted octanol–water partition coefficient (Wildman–Crippen LogP) is 7.53. The number of carbonyl (C=O) groups excluding carboxylic acids is 2. The van der Waals surface area contributed by atoms with E-state index >= 15 is 0 Å². The molecule has 5 rings (SSSR count). The number of carbonyl (C=O) groups is 2. The number of rotatable bonds is 6. The Morgan fingerprint density at radius 1 is 1.03 bits per heavy atom. The number of halogens is 3. The van der Waals surface area contributed by atoms with E-state index in [0.717, 1.165) is 10.0 Å². The Labute approximate surface area is 239 Å². The third-order valence-electron chi connectivity index (χ3n) is 5.62. The van der Waals surface area contributed by atoms with Crippen LogP contribution in [0.3, 0.4) is 0 Å². The summed E-state index contributed by atoms with van der Waals surface area (Å²) in [7, 11) is 0. The zero-order valence-electron chi connectivity index (χ0n) is 18.8. The van der Waals surface area contributed by atoms with Crippen LogP contribution < -0.4 is 4.90 Å². The molecule has 1 aromatic heterocycles. The molecule has 6 nitrogen and oxygen atoms in total. The van der Waals surface area contributed by atoms with Gasteiger partial charge in [-0.1, -0.05) is 111 Å². The summed E-state index contributed by atoms with van der Waals surface area (Å²) in [4.78, 5) is 27.9. The zero-order valence-corrected chi connectivity index (χ0v) is 23.5. The van der Waals surface area contributed by atoms with E-state index in [-0.39, 0.29) is 16.5 Å². The highest BCUT2D eigenvalue weighted by Gasteiger charge is 2.48. The number of nitrogens with zero attached hydrogens (tertiary/aromatic N) is 3. The number of aromatic nitrogens is 2. The number of amides is 1. The summed E-state index contributed by atoms with van der Waals surface area (Å²) < 4.78 is 1.36. The van der Waals surface area contributed by atoms with E-state index in [9.17, 15) is 14.7 Å². The normalized spacial score (nSPS) is 16.9. The lowest BCUT2D eigenvalue weighted by Gasteiger charge is -2.22. The molecule has 1 N–H and O–H groups in total. The molecule has 1 amide bonds. The van der Waals surface area contributed by atoms with E-state index in [1.807, 2.05) is 12.1 Å². The van der Waals surface area contributed by atoms with Crippen LogP contribution in [-0.2, 0) is 15.3 Å². The van der Waals surface area contributed by atoms with Gasteiger partial charge in [0.15, 0.2) is 4.34 Å². The van der Waals surface area contributed by atoms with Crippen molar-refractivity contribution in [3.8, 4) is 0 Å². The van der Waals surface area contributed by atoms with Crippen molar-refractivity contribution in [3.05, 3.63) is 110 Å². The molecule has 0 spiro atoms. The number of Topliss-reactive ketones (excluding diaryl/α,β-unsaturated/α-hetero) is 1. The van der Waals surface area contributed by atoms with Crippen LogP contribution in [0.4, 0.5) is 5.13 Å². The summed E-state index contributed by atoms with van der Waals surface area (Å²) in [5.74, 6) is -1.30. The molecular weight excluding hydrogens is 617 g/mol. The van der Waals surface area contributed by atoms with Gasteiger partial charge in [-0.3, -0.25) is 14.5 Å². The fourth-order valence-corrected chi connectivity index (χ4v) is 6.75. The molecule has 1 aliphatic rings. The van der Waals surface area contributed by atoms with E-state index in [1.54, 1.807) is 60.7 Å². The van der Waals surface area contributed by atoms with Crippen molar-refractivity contribution >= 4 is 84.8 Å². The average Bonchev–Trinajstić information content (AvgIpc) is 3.46. The van der Waals surface area contributed by atoms with Crippen molar-refractivity contribution in [3.63, 3.8) is 0 Å². The van der Waals surface area contributed by atoms with Gasteiger partial charge in [0.25, 0.3) is 5.78 Å². The number of hydrogen-bond donors (Lipinski definition) is 1. The van der Waals surface area contributed by atoms with Crippen LogP contribution in [-0.4, -0.2) is 27.0 Å². The quantitative estimate of drug-likeness (QED) is 0.0778. The minimum atomic E-state index is -0.880. The van der Waals surface area contributed by atoms with Gasteiger partial charge in [0, 0.05) is 25.8 Å². The summed E-state index contributed by atoms with van der Waals surface area (Å²) in [5, 5.41) is 20.9. The van der Waals surface area contributed by atoms with Gasteiger partial charge in [-0.05, 0) is 35.4 Å². The van der Waals surface area contributed by atoms with Crippen LogP contribution in [0.2, 0.25) is 10.0 Å². The Balaban J connectivity index is 1.53. The Kier molecular flexibility index (Phi) is 7.69. The average molecular weight is 633 g/mol. The molecule has 11 heteroatoms. The number of thioether (sulfide) groups is 1. The monoisotopic (exact) mass is 631 g/mol. The molecule has 0 saturated carbocycles. The van der Waals surface area contributed by atoms with Crippen LogP contribution in [0.15, 0.2) is 87.2 Å². The largest absolute Gasteiger partial charge is 0.507 e. The van der Waals surface area contributed by atoms with E-state index in [0.29, 0.717) is 31.3 Å². The number of aliphatic hydroxyl groups excluding tert-OH is 1. The minimum absolute atomic E-state index is 0.00773. The Morgan fingerprint density at radius 2 is 1.81 bits per heavy atom. The molecule has 0 radical (unpaired) electrons. The standard InChI is InChI=1S/C26H16BrCl2N3O3S2/c27-17-8-4-7-15(11-17)21-20(22(33)14-5-2-1-3-6-14)23(34)24(35)32(21)25-30-31-26(37-25)36-13-16-9-10-18(28)12-19(16)29/h1-12,21,33H,13H2/b22-20-.